The second kappa shape index (κ2) is 5.14. The largest absolute Gasteiger partial charge is 0.308 e. The molecule has 90 valence electrons. The maximum atomic E-state index is 4.15. The minimum Gasteiger partial charge on any atom is -0.308 e. The smallest absolute Gasteiger partial charge is 0.188 e. The maximum Gasteiger partial charge on any atom is 0.188 e. The molecular weight excluding hydrogens is 222 g/mol. The molecule has 0 saturated heterocycles. The van der Waals surface area contributed by atoms with Crippen LogP contribution in [0.4, 0.5) is 0 Å². The Kier molecular flexibility index (Phi) is 3.81. The summed E-state index contributed by atoms with van der Waals surface area (Å²) in [5.41, 5.74) is 0. The number of aryl methyl sites for hydroxylation is 1. The molecule has 1 aliphatic rings. The molecule has 0 aliphatic heterocycles. The predicted molar refractivity (Wildman–Crippen MR) is 65.2 cm³/mol. The van der Waals surface area contributed by atoms with E-state index in [0.717, 1.165) is 18.9 Å². The van der Waals surface area contributed by atoms with E-state index in [2.05, 4.69) is 27.0 Å². The minimum atomic E-state index is 0.447. The maximum absolute atomic E-state index is 4.15. The van der Waals surface area contributed by atoms with Gasteiger partial charge in [0.1, 0.15) is 0 Å². The number of rotatable bonds is 5. The number of thioether (sulfide) groups is 1. The van der Waals surface area contributed by atoms with E-state index in [1.807, 2.05) is 11.8 Å². The van der Waals surface area contributed by atoms with Crippen molar-refractivity contribution in [1.29, 1.82) is 0 Å². The molecule has 1 aromatic rings. The van der Waals surface area contributed by atoms with E-state index in [0.29, 0.717) is 4.75 Å². The van der Waals surface area contributed by atoms with Gasteiger partial charge in [0.15, 0.2) is 5.82 Å². The molecule has 0 bridgehead atoms. The van der Waals surface area contributed by atoms with Crippen molar-refractivity contribution >= 4 is 11.8 Å². The number of nitrogens with one attached hydrogen (secondary N) is 1. The van der Waals surface area contributed by atoms with Gasteiger partial charge in [0, 0.05) is 11.3 Å². The Hall–Kier alpha value is -0.620. The third-order valence-electron chi connectivity index (χ3n) is 3.23. The van der Waals surface area contributed by atoms with E-state index in [4.69, 9.17) is 0 Å². The summed E-state index contributed by atoms with van der Waals surface area (Å²) in [4.78, 5) is 1.50. The second-order valence-electron chi connectivity index (χ2n) is 4.39. The summed E-state index contributed by atoms with van der Waals surface area (Å²) < 4.78 is 0.447. The highest BCUT2D eigenvalue weighted by Gasteiger charge is 2.32. The Morgan fingerprint density at radius 1 is 1.44 bits per heavy atom. The van der Waals surface area contributed by atoms with Crippen LogP contribution in [0.25, 0.3) is 0 Å². The normalized spacial score (nSPS) is 19.1. The highest BCUT2D eigenvalue weighted by Crippen LogP contribution is 2.39. The molecule has 0 atom stereocenters. The lowest BCUT2D eigenvalue weighted by Crippen LogP contribution is -2.35. The predicted octanol–water partition coefficient (Wildman–Crippen LogP) is 0.975. The van der Waals surface area contributed by atoms with E-state index in [1.165, 1.54) is 30.5 Å². The zero-order valence-electron chi connectivity index (χ0n) is 9.94. The van der Waals surface area contributed by atoms with Crippen molar-refractivity contribution in [3.63, 3.8) is 0 Å². The average Bonchev–Trinajstić information content (AvgIpc) is 2.89. The number of tetrazole rings is 1. The molecule has 1 N–H and O–H groups in total. The fourth-order valence-electron chi connectivity index (χ4n) is 2.27. The summed E-state index contributed by atoms with van der Waals surface area (Å²) in [6.45, 7) is 1.77. The Labute approximate surface area is 100 Å². The second-order valence-corrected chi connectivity index (χ2v) is 5.67. The van der Waals surface area contributed by atoms with Gasteiger partial charge >= 0.3 is 0 Å². The van der Waals surface area contributed by atoms with Gasteiger partial charge in [-0.3, -0.25) is 0 Å². The average molecular weight is 241 g/mol. The third-order valence-corrected chi connectivity index (χ3v) is 4.65. The van der Waals surface area contributed by atoms with E-state index < -0.39 is 0 Å². The molecule has 6 heteroatoms. The summed E-state index contributed by atoms with van der Waals surface area (Å²) in [5, 5.41) is 15.4. The first kappa shape index (κ1) is 11.9. The molecule has 16 heavy (non-hydrogen) atoms. The van der Waals surface area contributed by atoms with Gasteiger partial charge in [0.2, 0.25) is 0 Å². The Bertz CT molecular complexity index is 332. The summed E-state index contributed by atoms with van der Waals surface area (Å²) >= 11 is 2.00. The molecule has 1 saturated carbocycles. The van der Waals surface area contributed by atoms with Gasteiger partial charge in [-0.25, -0.2) is 0 Å². The fraction of sp³-hybridized carbons (Fsp3) is 0.900. The lowest BCUT2D eigenvalue weighted by molar-refractivity contribution is 0.525. The van der Waals surface area contributed by atoms with Crippen LogP contribution in [0.5, 0.6) is 0 Å². The van der Waals surface area contributed by atoms with Gasteiger partial charge < -0.3 is 5.32 Å². The molecule has 5 nitrogen and oxygen atoms in total. The summed E-state index contributed by atoms with van der Waals surface area (Å²) in [6, 6.07) is 0. The molecular formula is C10H19N5S. The lowest BCUT2D eigenvalue weighted by atomic mass is 10.1. The molecule has 2 rings (SSSR count). The van der Waals surface area contributed by atoms with Crippen LogP contribution in [0.1, 0.15) is 31.5 Å². The molecule has 0 radical (unpaired) electrons. The van der Waals surface area contributed by atoms with Crippen molar-refractivity contribution in [3.8, 4) is 0 Å². The van der Waals surface area contributed by atoms with Crippen LogP contribution in [0, 0.1) is 0 Å². The molecule has 1 fully saturated rings. The van der Waals surface area contributed by atoms with E-state index in [9.17, 15) is 0 Å². The van der Waals surface area contributed by atoms with Crippen LogP contribution in [-0.2, 0) is 13.6 Å². The van der Waals surface area contributed by atoms with Gasteiger partial charge in [-0.2, -0.15) is 16.6 Å². The number of aromatic nitrogens is 4. The first-order chi connectivity index (χ1) is 7.74. The van der Waals surface area contributed by atoms with Gasteiger partial charge in [0.05, 0.1) is 13.6 Å². The molecule has 1 aromatic heterocycles. The third kappa shape index (κ3) is 2.74. The first-order valence-electron chi connectivity index (χ1n) is 5.73. The number of hydrogen-bond donors (Lipinski definition) is 1. The van der Waals surface area contributed by atoms with Gasteiger partial charge in [-0.1, -0.05) is 12.8 Å². The van der Waals surface area contributed by atoms with Crippen molar-refractivity contribution in [2.24, 2.45) is 7.05 Å². The van der Waals surface area contributed by atoms with Gasteiger partial charge in [0.25, 0.3) is 0 Å². The molecule has 0 unspecified atom stereocenters. The Morgan fingerprint density at radius 3 is 2.75 bits per heavy atom. The minimum absolute atomic E-state index is 0.447. The molecule has 0 aromatic carbocycles. The van der Waals surface area contributed by atoms with E-state index in [1.54, 1.807) is 7.05 Å². The van der Waals surface area contributed by atoms with Crippen LogP contribution in [0.2, 0.25) is 0 Å². The Balaban J connectivity index is 1.78. The standard InChI is InChI=1S/C10H19N5S/c1-15-13-9(12-14-15)7-11-8-10(16-2)5-3-4-6-10/h11H,3-8H2,1-2H3. The van der Waals surface area contributed by atoms with Crippen LogP contribution in [0.3, 0.4) is 0 Å². The first-order valence-corrected chi connectivity index (χ1v) is 6.95. The Morgan fingerprint density at radius 2 is 2.19 bits per heavy atom. The van der Waals surface area contributed by atoms with E-state index in [-0.39, 0.29) is 0 Å². The zero-order valence-corrected chi connectivity index (χ0v) is 10.8. The van der Waals surface area contributed by atoms with Crippen LogP contribution in [0.15, 0.2) is 0 Å². The van der Waals surface area contributed by atoms with Crippen molar-refractivity contribution in [2.75, 3.05) is 12.8 Å². The van der Waals surface area contributed by atoms with Gasteiger partial charge in [-0.15, -0.1) is 10.2 Å². The summed E-state index contributed by atoms with van der Waals surface area (Å²) in [5.74, 6) is 0.775. The zero-order chi connectivity index (χ0) is 11.4. The van der Waals surface area contributed by atoms with Crippen molar-refractivity contribution in [2.45, 2.75) is 37.0 Å². The summed E-state index contributed by atoms with van der Waals surface area (Å²) in [7, 11) is 1.79. The van der Waals surface area contributed by atoms with Crippen molar-refractivity contribution in [1.82, 2.24) is 25.5 Å². The highest BCUT2D eigenvalue weighted by atomic mass is 32.2. The van der Waals surface area contributed by atoms with Crippen molar-refractivity contribution < 1.29 is 0 Å². The van der Waals surface area contributed by atoms with Crippen LogP contribution < -0.4 is 5.32 Å². The van der Waals surface area contributed by atoms with E-state index >= 15 is 0 Å². The van der Waals surface area contributed by atoms with Crippen molar-refractivity contribution in [3.05, 3.63) is 5.82 Å². The monoisotopic (exact) mass is 241 g/mol. The lowest BCUT2D eigenvalue weighted by Gasteiger charge is -2.26. The quantitative estimate of drug-likeness (QED) is 0.832. The fourth-order valence-corrected chi connectivity index (χ4v) is 3.21. The van der Waals surface area contributed by atoms with Crippen LogP contribution >= 0.6 is 11.8 Å². The molecule has 1 aliphatic carbocycles. The summed E-state index contributed by atoms with van der Waals surface area (Å²) in [6.07, 6.45) is 7.61. The highest BCUT2D eigenvalue weighted by molar-refractivity contribution is 8.00. The number of hydrogen-bond acceptors (Lipinski definition) is 5. The number of nitrogens with zero attached hydrogens (tertiary/aromatic N) is 4. The molecule has 0 amide bonds. The SMILES string of the molecule is CSC1(CNCc2nnn(C)n2)CCCC1. The topological polar surface area (TPSA) is 55.6 Å². The van der Waals surface area contributed by atoms with Crippen LogP contribution in [-0.4, -0.2) is 37.8 Å². The molecule has 0 spiro atoms. The van der Waals surface area contributed by atoms with Gasteiger partial charge in [-0.05, 0) is 24.3 Å². The molecule has 1 heterocycles.